The molecule has 2 heterocycles. The number of benzene rings is 1. The lowest BCUT2D eigenvalue weighted by atomic mass is 10.0. The van der Waals surface area contributed by atoms with Crippen LogP contribution in [0.25, 0.3) is 10.2 Å². The smallest absolute Gasteiger partial charge is 0.242 e. The molecule has 0 aliphatic carbocycles. The number of pyridine rings is 1. The third-order valence-electron chi connectivity index (χ3n) is 5.41. The quantitative estimate of drug-likeness (QED) is 0.255. The van der Waals surface area contributed by atoms with Gasteiger partial charge in [0.25, 0.3) is 0 Å². The fraction of sp³-hybridized carbons (Fsp3) is 0.400. The maximum atomic E-state index is 12.8. The molecular weight excluding hydrogens is 555 g/mol. The summed E-state index contributed by atoms with van der Waals surface area (Å²) in [5, 5.41) is 6.11. The molecule has 1 atom stereocenters. The minimum atomic E-state index is -3.76. The number of hydrogen-bond donors (Lipinski definition) is 3. The lowest BCUT2D eigenvalue weighted by molar-refractivity contribution is -0.129. The second kappa shape index (κ2) is 13.5. The van der Waals surface area contributed by atoms with Crippen molar-refractivity contribution in [2.45, 2.75) is 50.5 Å². The highest BCUT2D eigenvalue weighted by molar-refractivity contribution is 7.89. The molecule has 3 N–H and O–H groups in total. The summed E-state index contributed by atoms with van der Waals surface area (Å²) in [6.07, 6.45) is 3.46. The number of fused-ring (bicyclic) bond motifs is 1. The summed E-state index contributed by atoms with van der Waals surface area (Å²) in [6.45, 7) is 4.52. The Hall–Kier alpha value is -2.24. The van der Waals surface area contributed by atoms with Crippen molar-refractivity contribution in [3.8, 4) is 0 Å². The van der Waals surface area contributed by atoms with Crippen molar-refractivity contribution in [1.29, 1.82) is 0 Å². The molecule has 1 aromatic carbocycles. The molecule has 2 aromatic heterocycles. The minimum Gasteiger partial charge on any atom is -0.354 e. The van der Waals surface area contributed by atoms with Crippen LogP contribution in [-0.2, 0) is 26.0 Å². The first-order valence-corrected chi connectivity index (χ1v) is 15.0. The SMILES string of the molecule is CC(C)C[C@H](NC(=O)Cc1cc2ncccc2s1)C(=O)NCCCCNS(=O)(=O)c1ccc(Cl)cc1Cl. The first-order valence-electron chi connectivity index (χ1n) is 11.9. The molecule has 3 aromatic rings. The van der Waals surface area contributed by atoms with Gasteiger partial charge in [-0.25, -0.2) is 13.1 Å². The first-order chi connectivity index (χ1) is 17.5. The maximum Gasteiger partial charge on any atom is 0.242 e. The molecule has 3 rings (SSSR count). The summed E-state index contributed by atoms with van der Waals surface area (Å²) in [5.41, 5.74) is 0.852. The van der Waals surface area contributed by atoms with Crippen molar-refractivity contribution in [2.75, 3.05) is 13.1 Å². The van der Waals surface area contributed by atoms with Crippen LogP contribution < -0.4 is 15.4 Å². The van der Waals surface area contributed by atoms with Crippen LogP contribution in [0.5, 0.6) is 0 Å². The number of nitrogens with zero attached hydrogens (tertiary/aromatic N) is 1. The second-order valence-electron chi connectivity index (χ2n) is 9.00. The van der Waals surface area contributed by atoms with Gasteiger partial charge < -0.3 is 10.6 Å². The summed E-state index contributed by atoms with van der Waals surface area (Å²) >= 11 is 13.3. The number of halogens is 2. The number of carbonyl (C=O) groups is 2. The van der Waals surface area contributed by atoms with E-state index in [1.807, 2.05) is 32.0 Å². The largest absolute Gasteiger partial charge is 0.354 e. The third-order valence-corrected chi connectivity index (χ3v) is 8.68. The van der Waals surface area contributed by atoms with Crippen molar-refractivity contribution >= 4 is 66.6 Å². The highest BCUT2D eigenvalue weighted by atomic mass is 35.5. The number of thiophene rings is 1. The van der Waals surface area contributed by atoms with E-state index in [0.717, 1.165) is 15.1 Å². The molecule has 37 heavy (non-hydrogen) atoms. The first kappa shape index (κ1) is 29.3. The third kappa shape index (κ3) is 8.93. The Kier molecular flexibility index (Phi) is 10.7. The van der Waals surface area contributed by atoms with Crippen LogP contribution in [0, 0.1) is 5.92 Å². The van der Waals surface area contributed by atoms with Gasteiger partial charge >= 0.3 is 0 Å². The zero-order chi connectivity index (χ0) is 27.0. The normalized spacial score (nSPS) is 12.6. The summed E-state index contributed by atoms with van der Waals surface area (Å²) in [6, 6.07) is 9.26. The van der Waals surface area contributed by atoms with Crippen LogP contribution in [0.3, 0.4) is 0 Å². The summed E-state index contributed by atoms with van der Waals surface area (Å²) in [7, 11) is -3.76. The molecule has 0 bridgehead atoms. The van der Waals surface area contributed by atoms with Crippen LogP contribution in [0.15, 0.2) is 47.5 Å². The van der Waals surface area contributed by atoms with Crippen molar-refractivity contribution in [3.63, 3.8) is 0 Å². The molecule has 0 saturated carbocycles. The molecule has 0 saturated heterocycles. The lowest BCUT2D eigenvalue weighted by Crippen LogP contribution is -2.48. The number of amides is 2. The van der Waals surface area contributed by atoms with Crippen molar-refractivity contribution in [2.24, 2.45) is 5.92 Å². The van der Waals surface area contributed by atoms with E-state index in [4.69, 9.17) is 23.2 Å². The summed E-state index contributed by atoms with van der Waals surface area (Å²) in [5.74, 6) is -0.269. The summed E-state index contributed by atoms with van der Waals surface area (Å²) < 4.78 is 28.4. The van der Waals surface area contributed by atoms with Crippen LogP contribution in [0.1, 0.15) is 38.0 Å². The lowest BCUT2D eigenvalue weighted by Gasteiger charge is -2.20. The van der Waals surface area contributed by atoms with Gasteiger partial charge in [0.2, 0.25) is 21.8 Å². The van der Waals surface area contributed by atoms with E-state index in [2.05, 4.69) is 20.3 Å². The van der Waals surface area contributed by atoms with Gasteiger partial charge in [0.1, 0.15) is 10.9 Å². The van der Waals surface area contributed by atoms with E-state index in [0.29, 0.717) is 30.8 Å². The molecule has 0 aliphatic rings. The average molecular weight is 586 g/mol. The zero-order valence-electron chi connectivity index (χ0n) is 20.6. The average Bonchev–Trinajstić information content (AvgIpc) is 3.22. The van der Waals surface area contributed by atoms with E-state index in [-0.39, 0.29) is 40.6 Å². The van der Waals surface area contributed by atoms with Gasteiger partial charge in [-0.3, -0.25) is 14.6 Å². The second-order valence-corrected chi connectivity index (χ2v) is 12.7. The Balaban J connectivity index is 1.44. The number of aromatic nitrogens is 1. The van der Waals surface area contributed by atoms with Crippen LogP contribution >= 0.6 is 34.5 Å². The molecule has 200 valence electrons. The van der Waals surface area contributed by atoms with Gasteiger partial charge in [0.05, 0.1) is 21.7 Å². The number of hydrogen-bond acceptors (Lipinski definition) is 6. The van der Waals surface area contributed by atoms with Crippen molar-refractivity contribution < 1.29 is 18.0 Å². The van der Waals surface area contributed by atoms with E-state index >= 15 is 0 Å². The minimum absolute atomic E-state index is 0.0361. The molecule has 0 radical (unpaired) electrons. The Labute approximate surface area is 231 Å². The van der Waals surface area contributed by atoms with E-state index in [9.17, 15) is 18.0 Å². The fourth-order valence-corrected chi connectivity index (χ4v) is 6.54. The maximum absolute atomic E-state index is 12.8. The molecule has 2 amide bonds. The molecule has 0 spiro atoms. The van der Waals surface area contributed by atoms with E-state index in [1.165, 1.54) is 29.5 Å². The van der Waals surface area contributed by atoms with Gasteiger partial charge in [0, 0.05) is 29.2 Å². The van der Waals surface area contributed by atoms with Crippen molar-refractivity contribution in [3.05, 3.63) is 57.5 Å². The Morgan fingerprint density at radius 2 is 1.84 bits per heavy atom. The van der Waals surface area contributed by atoms with Crippen LogP contribution in [0.2, 0.25) is 10.0 Å². The van der Waals surface area contributed by atoms with Gasteiger partial charge in [-0.05, 0) is 61.6 Å². The number of nitrogens with one attached hydrogen (secondary N) is 3. The van der Waals surface area contributed by atoms with E-state index < -0.39 is 16.1 Å². The predicted molar refractivity (Wildman–Crippen MR) is 149 cm³/mol. The van der Waals surface area contributed by atoms with Gasteiger partial charge in [-0.2, -0.15) is 0 Å². The number of rotatable bonds is 13. The zero-order valence-corrected chi connectivity index (χ0v) is 23.7. The Morgan fingerprint density at radius 3 is 2.54 bits per heavy atom. The fourth-order valence-electron chi connectivity index (χ4n) is 3.68. The standard InChI is InChI=1S/C25H30Cl2N4O4S2/c1-16(2)12-21(31-24(32)15-18-14-20-22(36-18)6-5-10-28-20)25(33)29-9-3-4-11-30-37(34,35)23-8-7-17(26)13-19(23)27/h5-8,10,13-14,16,21,30H,3-4,9,11-12,15H2,1-2H3,(H,29,33)(H,31,32)/t21-/m0/s1. The van der Waals surface area contributed by atoms with Gasteiger partial charge in [0.15, 0.2) is 0 Å². The molecule has 0 unspecified atom stereocenters. The molecule has 0 aliphatic heterocycles. The number of carbonyl (C=O) groups excluding carboxylic acids is 2. The molecule has 12 heteroatoms. The summed E-state index contributed by atoms with van der Waals surface area (Å²) in [4.78, 5) is 30.6. The monoisotopic (exact) mass is 584 g/mol. The highest BCUT2D eigenvalue weighted by Gasteiger charge is 2.22. The molecule has 8 nitrogen and oxygen atoms in total. The van der Waals surface area contributed by atoms with Crippen LogP contribution in [-0.4, -0.2) is 44.3 Å². The van der Waals surface area contributed by atoms with Crippen LogP contribution in [0.4, 0.5) is 0 Å². The molecular formula is C25H30Cl2N4O4S2. The van der Waals surface area contributed by atoms with Gasteiger partial charge in [-0.1, -0.05) is 37.0 Å². The Morgan fingerprint density at radius 1 is 1.08 bits per heavy atom. The number of sulfonamides is 1. The predicted octanol–water partition coefficient (Wildman–Crippen LogP) is 4.55. The molecule has 0 fully saturated rings. The highest BCUT2D eigenvalue weighted by Crippen LogP contribution is 2.25. The van der Waals surface area contributed by atoms with Crippen molar-refractivity contribution in [1.82, 2.24) is 20.3 Å². The number of unbranched alkanes of at least 4 members (excludes halogenated alkanes) is 1. The topological polar surface area (TPSA) is 117 Å². The Bertz CT molecular complexity index is 1310. The van der Waals surface area contributed by atoms with Gasteiger partial charge in [-0.15, -0.1) is 11.3 Å². The van der Waals surface area contributed by atoms with E-state index in [1.54, 1.807) is 6.20 Å².